The van der Waals surface area contributed by atoms with Crippen LogP contribution in [-0.2, 0) is 0 Å². The number of halogens is 1. The molecule has 1 aliphatic rings. The Morgan fingerprint density at radius 1 is 1.39 bits per heavy atom. The summed E-state index contributed by atoms with van der Waals surface area (Å²) < 4.78 is 1.16. The quantitative estimate of drug-likeness (QED) is 0.843. The van der Waals surface area contributed by atoms with Crippen molar-refractivity contribution in [2.45, 2.75) is 25.3 Å². The number of likely N-dealkylation sites (N-methyl/N-ethyl adjacent to an activating group) is 1. The van der Waals surface area contributed by atoms with E-state index in [1.54, 1.807) is 0 Å². The number of piperidine rings is 1. The number of carbonyl (C=O) groups is 1. The number of benzene rings is 1. The van der Waals surface area contributed by atoms with Crippen LogP contribution in [-0.4, -0.2) is 37.0 Å². The van der Waals surface area contributed by atoms with Gasteiger partial charge in [0.2, 0.25) is 0 Å². The lowest BCUT2D eigenvalue weighted by Gasteiger charge is -2.35. The van der Waals surface area contributed by atoms with E-state index in [0.717, 1.165) is 35.1 Å². The molecule has 4 heteroatoms. The summed E-state index contributed by atoms with van der Waals surface area (Å²) in [5, 5.41) is 3.19. The molecule has 18 heavy (non-hydrogen) atoms. The molecule has 1 fully saturated rings. The van der Waals surface area contributed by atoms with Crippen molar-refractivity contribution in [1.29, 1.82) is 0 Å². The topological polar surface area (TPSA) is 32.3 Å². The molecule has 1 atom stereocenters. The van der Waals surface area contributed by atoms with Gasteiger partial charge in [-0.25, -0.2) is 0 Å². The summed E-state index contributed by atoms with van der Waals surface area (Å²) in [7, 11) is 1.95. The van der Waals surface area contributed by atoms with Crippen molar-refractivity contribution in [3.63, 3.8) is 0 Å². The molecule has 0 spiro atoms. The zero-order valence-corrected chi connectivity index (χ0v) is 12.8. The molecule has 98 valence electrons. The van der Waals surface area contributed by atoms with Crippen LogP contribution in [0, 0.1) is 3.57 Å². The Hall–Kier alpha value is -0.620. The average molecular weight is 358 g/mol. The maximum atomic E-state index is 12.5. The molecule has 0 aliphatic carbocycles. The van der Waals surface area contributed by atoms with Crippen LogP contribution >= 0.6 is 22.6 Å². The van der Waals surface area contributed by atoms with Crippen LogP contribution in [0.2, 0.25) is 0 Å². The van der Waals surface area contributed by atoms with Crippen molar-refractivity contribution >= 4 is 28.5 Å². The van der Waals surface area contributed by atoms with E-state index in [1.807, 2.05) is 36.2 Å². The Labute approximate surface area is 122 Å². The summed E-state index contributed by atoms with van der Waals surface area (Å²) in [4.78, 5) is 14.5. The van der Waals surface area contributed by atoms with E-state index in [4.69, 9.17) is 0 Å². The molecule has 0 radical (unpaired) electrons. The number of hydrogen-bond donors (Lipinski definition) is 1. The maximum Gasteiger partial charge on any atom is 0.254 e. The molecule has 1 aromatic rings. The third kappa shape index (κ3) is 3.23. The molecule has 1 aliphatic heterocycles. The number of nitrogens with one attached hydrogen (secondary N) is 1. The SMILES string of the molecule is CNCC1CCCCN1C(=O)c1ccc(I)cc1. The van der Waals surface area contributed by atoms with Gasteiger partial charge in [0.25, 0.3) is 5.91 Å². The molecule has 1 unspecified atom stereocenters. The fraction of sp³-hybridized carbons (Fsp3) is 0.500. The van der Waals surface area contributed by atoms with Gasteiger partial charge in [0.15, 0.2) is 0 Å². The minimum absolute atomic E-state index is 0.173. The zero-order chi connectivity index (χ0) is 13.0. The van der Waals surface area contributed by atoms with Crippen molar-refractivity contribution in [3.05, 3.63) is 33.4 Å². The second-order valence-electron chi connectivity index (χ2n) is 4.71. The summed E-state index contributed by atoms with van der Waals surface area (Å²) in [6, 6.07) is 8.18. The van der Waals surface area contributed by atoms with Gasteiger partial charge in [-0.1, -0.05) is 0 Å². The van der Waals surface area contributed by atoms with Gasteiger partial charge in [-0.15, -0.1) is 0 Å². The Bertz CT molecular complexity index is 403. The highest BCUT2D eigenvalue weighted by Crippen LogP contribution is 2.19. The molecule has 1 heterocycles. The fourth-order valence-electron chi connectivity index (χ4n) is 2.47. The molecule has 1 aromatic carbocycles. The third-order valence-corrected chi connectivity index (χ3v) is 4.14. The van der Waals surface area contributed by atoms with Crippen LogP contribution in [0.25, 0.3) is 0 Å². The molecule has 1 N–H and O–H groups in total. The molecule has 1 amide bonds. The first-order valence-electron chi connectivity index (χ1n) is 6.43. The summed E-state index contributed by atoms with van der Waals surface area (Å²) >= 11 is 2.26. The van der Waals surface area contributed by atoms with Gasteiger partial charge in [0, 0.05) is 28.3 Å². The van der Waals surface area contributed by atoms with Crippen molar-refractivity contribution < 1.29 is 4.79 Å². The second-order valence-corrected chi connectivity index (χ2v) is 5.96. The normalized spacial score (nSPS) is 19.9. The van der Waals surface area contributed by atoms with E-state index in [9.17, 15) is 4.79 Å². The molecular weight excluding hydrogens is 339 g/mol. The highest BCUT2D eigenvalue weighted by Gasteiger charge is 2.26. The highest BCUT2D eigenvalue weighted by molar-refractivity contribution is 14.1. The second kappa shape index (κ2) is 6.52. The van der Waals surface area contributed by atoms with Gasteiger partial charge in [-0.2, -0.15) is 0 Å². The number of likely N-dealkylation sites (tertiary alicyclic amines) is 1. The van der Waals surface area contributed by atoms with Gasteiger partial charge in [-0.05, 0) is 73.2 Å². The Morgan fingerprint density at radius 3 is 2.78 bits per heavy atom. The molecule has 0 saturated carbocycles. The minimum Gasteiger partial charge on any atom is -0.334 e. The highest BCUT2D eigenvalue weighted by atomic mass is 127. The smallest absolute Gasteiger partial charge is 0.254 e. The number of carbonyl (C=O) groups excluding carboxylic acids is 1. The van der Waals surface area contributed by atoms with Crippen LogP contribution in [0.4, 0.5) is 0 Å². The Balaban J connectivity index is 2.12. The largest absolute Gasteiger partial charge is 0.334 e. The number of nitrogens with zero attached hydrogens (tertiary/aromatic N) is 1. The zero-order valence-electron chi connectivity index (χ0n) is 10.7. The van der Waals surface area contributed by atoms with Crippen molar-refractivity contribution in [1.82, 2.24) is 10.2 Å². The first-order chi connectivity index (χ1) is 8.72. The van der Waals surface area contributed by atoms with Gasteiger partial charge in [0.05, 0.1) is 0 Å². The lowest BCUT2D eigenvalue weighted by molar-refractivity contribution is 0.0615. The van der Waals surface area contributed by atoms with E-state index >= 15 is 0 Å². The van der Waals surface area contributed by atoms with E-state index in [2.05, 4.69) is 27.9 Å². The predicted octanol–water partition coefficient (Wildman–Crippen LogP) is 2.51. The standard InChI is InChI=1S/C14H19IN2O/c1-16-10-13-4-2-3-9-17(13)14(18)11-5-7-12(15)8-6-11/h5-8,13,16H,2-4,9-10H2,1H3. The predicted molar refractivity (Wildman–Crippen MR) is 81.8 cm³/mol. The monoisotopic (exact) mass is 358 g/mol. The fourth-order valence-corrected chi connectivity index (χ4v) is 2.83. The van der Waals surface area contributed by atoms with Crippen LogP contribution < -0.4 is 5.32 Å². The van der Waals surface area contributed by atoms with Gasteiger partial charge in [0.1, 0.15) is 0 Å². The van der Waals surface area contributed by atoms with Crippen LogP contribution in [0.3, 0.4) is 0 Å². The van der Waals surface area contributed by atoms with Crippen molar-refractivity contribution in [2.24, 2.45) is 0 Å². The Morgan fingerprint density at radius 2 is 2.11 bits per heavy atom. The molecular formula is C14H19IN2O. The van der Waals surface area contributed by atoms with E-state index in [0.29, 0.717) is 6.04 Å². The molecule has 0 bridgehead atoms. The van der Waals surface area contributed by atoms with E-state index < -0.39 is 0 Å². The minimum atomic E-state index is 0.173. The summed E-state index contributed by atoms with van der Waals surface area (Å²) in [5.41, 5.74) is 0.804. The van der Waals surface area contributed by atoms with E-state index in [1.165, 1.54) is 6.42 Å². The average Bonchev–Trinajstić information content (AvgIpc) is 2.40. The van der Waals surface area contributed by atoms with Crippen molar-refractivity contribution in [3.8, 4) is 0 Å². The van der Waals surface area contributed by atoms with Crippen LogP contribution in [0.5, 0.6) is 0 Å². The molecule has 1 saturated heterocycles. The molecule has 3 nitrogen and oxygen atoms in total. The van der Waals surface area contributed by atoms with E-state index in [-0.39, 0.29) is 5.91 Å². The number of hydrogen-bond acceptors (Lipinski definition) is 2. The lowest BCUT2D eigenvalue weighted by Crippen LogP contribution is -2.48. The Kier molecular flexibility index (Phi) is 5.00. The maximum absolute atomic E-state index is 12.5. The number of amides is 1. The summed E-state index contributed by atoms with van der Waals surface area (Å²) in [6.07, 6.45) is 3.45. The summed E-state index contributed by atoms with van der Waals surface area (Å²) in [6.45, 7) is 1.77. The van der Waals surface area contributed by atoms with Gasteiger partial charge >= 0.3 is 0 Å². The third-order valence-electron chi connectivity index (χ3n) is 3.42. The first-order valence-corrected chi connectivity index (χ1v) is 7.51. The van der Waals surface area contributed by atoms with Crippen molar-refractivity contribution in [2.75, 3.05) is 20.1 Å². The summed E-state index contributed by atoms with van der Waals surface area (Å²) in [5.74, 6) is 0.173. The number of rotatable bonds is 3. The lowest BCUT2D eigenvalue weighted by atomic mass is 10.0. The van der Waals surface area contributed by atoms with Gasteiger partial charge < -0.3 is 10.2 Å². The molecule has 2 rings (SSSR count). The first kappa shape index (κ1) is 13.8. The molecule has 0 aromatic heterocycles. The van der Waals surface area contributed by atoms with Crippen LogP contribution in [0.1, 0.15) is 29.6 Å². The van der Waals surface area contributed by atoms with Gasteiger partial charge in [-0.3, -0.25) is 4.79 Å². The van der Waals surface area contributed by atoms with Crippen LogP contribution in [0.15, 0.2) is 24.3 Å².